The van der Waals surface area contributed by atoms with E-state index in [0.717, 1.165) is 25.7 Å². The largest absolute Gasteiger partial charge is 0.448 e. The summed E-state index contributed by atoms with van der Waals surface area (Å²) in [7, 11) is 0. The molecule has 0 radical (unpaired) electrons. The van der Waals surface area contributed by atoms with E-state index in [0.29, 0.717) is 5.92 Å². The van der Waals surface area contributed by atoms with Gasteiger partial charge in [-0.15, -0.1) is 0 Å². The van der Waals surface area contributed by atoms with Crippen LogP contribution < -0.4 is 5.32 Å². The molecule has 1 aliphatic heterocycles. The molecule has 4 nitrogen and oxygen atoms in total. The first-order valence-electron chi connectivity index (χ1n) is 4.71. The summed E-state index contributed by atoms with van der Waals surface area (Å²) in [5.74, 6) is 0.398. The number of carbonyl (C=O) groups is 1. The van der Waals surface area contributed by atoms with Crippen molar-refractivity contribution in [2.24, 2.45) is 5.92 Å². The van der Waals surface area contributed by atoms with E-state index >= 15 is 0 Å². The zero-order valence-corrected chi connectivity index (χ0v) is 7.72. The maximum atomic E-state index is 11.5. The van der Waals surface area contributed by atoms with Crippen molar-refractivity contribution in [1.29, 1.82) is 5.41 Å². The molecule has 0 aromatic heterocycles. The van der Waals surface area contributed by atoms with Crippen molar-refractivity contribution in [2.75, 3.05) is 0 Å². The molecule has 1 amide bonds. The van der Waals surface area contributed by atoms with E-state index < -0.39 is 5.60 Å². The van der Waals surface area contributed by atoms with Crippen LogP contribution in [0.5, 0.6) is 0 Å². The van der Waals surface area contributed by atoms with Crippen molar-refractivity contribution in [3.63, 3.8) is 0 Å². The molecule has 1 saturated carbocycles. The average molecular weight is 182 g/mol. The second-order valence-corrected chi connectivity index (χ2v) is 4.08. The summed E-state index contributed by atoms with van der Waals surface area (Å²) in [5, 5.41) is 9.67. The fourth-order valence-electron chi connectivity index (χ4n) is 2.29. The van der Waals surface area contributed by atoms with Gasteiger partial charge in [-0.25, -0.2) is 0 Å². The molecule has 2 aliphatic rings. The number of amides is 1. The SMILES string of the molecule is CC1CCCC2(C1)OC(=N)NC2=O. The fraction of sp³-hybridized carbons (Fsp3) is 0.778. The Hall–Kier alpha value is -1.06. The summed E-state index contributed by atoms with van der Waals surface area (Å²) >= 11 is 0. The van der Waals surface area contributed by atoms with Crippen molar-refractivity contribution < 1.29 is 9.53 Å². The van der Waals surface area contributed by atoms with E-state index in [-0.39, 0.29) is 11.9 Å². The smallest absolute Gasteiger partial charge is 0.289 e. The molecule has 13 heavy (non-hydrogen) atoms. The number of rotatable bonds is 0. The van der Waals surface area contributed by atoms with Crippen LogP contribution in [0, 0.1) is 11.3 Å². The molecule has 2 N–H and O–H groups in total. The summed E-state index contributed by atoms with van der Waals surface area (Å²) in [6, 6.07) is -0.0842. The minimum atomic E-state index is -0.700. The van der Waals surface area contributed by atoms with Gasteiger partial charge in [-0.1, -0.05) is 13.3 Å². The van der Waals surface area contributed by atoms with Crippen LogP contribution in [-0.4, -0.2) is 17.5 Å². The van der Waals surface area contributed by atoms with E-state index in [1.807, 2.05) is 0 Å². The van der Waals surface area contributed by atoms with Gasteiger partial charge in [-0.05, 0) is 25.2 Å². The van der Waals surface area contributed by atoms with Crippen molar-refractivity contribution in [2.45, 2.75) is 38.2 Å². The predicted molar refractivity (Wildman–Crippen MR) is 47.3 cm³/mol. The Balaban J connectivity index is 2.19. The summed E-state index contributed by atoms with van der Waals surface area (Å²) in [5.41, 5.74) is -0.700. The third-order valence-corrected chi connectivity index (χ3v) is 2.89. The number of carbonyl (C=O) groups excluding carboxylic acids is 1. The quantitative estimate of drug-likeness (QED) is 0.587. The minimum absolute atomic E-state index is 0.0842. The van der Waals surface area contributed by atoms with E-state index in [9.17, 15) is 4.79 Å². The lowest BCUT2D eigenvalue weighted by atomic mass is 9.78. The Morgan fingerprint density at radius 3 is 3.00 bits per heavy atom. The van der Waals surface area contributed by atoms with Crippen LogP contribution in [0.2, 0.25) is 0 Å². The van der Waals surface area contributed by atoms with Crippen LogP contribution in [-0.2, 0) is 9.53 Å². The highest BCUT2D eigenvalue weighted by Crippen LogP contribution is 2.37. The molecular formula is C9H14N2O2. The van der Waals surface area contributed by atoms with E-state index in [1.54, 1.807) is 0 Å². The number of amidine groups is 1. The summed E-state index contributed by atoms with van der Waals surface area (Å²) < 4.78 is 5.30. The molecule has 2 rings (SSSR count). The van der Waals surface area contributed by atoms with Gasteiger partial charge in [-0.3, -0.25) is 15.5 Å². The van der Waals surface area contributed by atoms with Gasteiger partial charge in [0.05, 0.1) is 0 Å². The van der Waals surface area contributed by atoms with E-state index in [2.05, 4.69) is 12.2 Å². The van der Waals surface area contributed by atoms with Crippen LogP contribution in [0.25, 0.3) is 0 Å². The fourth-order valence-corrected chi connectivity index (χ4v) is 2.29. The summed E-state index contributed by atoms with van der Waals surface area (Å²) in [4.78, 5) is 11.5. The Morgan fingerprint density at radius 1 is 1.69 bits per heavy atom. The highest BCUT2D eigenvalue weighted by atomic mass is 16.5. The predicted octanol–water partition coefficient (Wildman–Crippen LogP) is 1.02. The lowest BCUT2D eigenvalue weighted by molar-refractivity contribution is -0.134. The van der Waals surface area contributed by atoms with Crippen molar-refractivity contribution in [3.05, 3.63) is 0 Å². The molecular weight excluding hydrogens is 168 g/mol. The Bertz CT molecular complexity index is 264. The third-order valence-electron chi connectivity index (χ3n) is 2.89. The third kappa shape index (κ3) is 1.30. The molecule has 1 aliphatic carbocycles. The molecule has 72 valence electrons. The van der Waals surface area contributed by atoms with Crippen molar-refractivity contribution >= 4 is 11.9 Å². The van der Waals surface area contributed by atoms with Crippen LogP contribution >= 0.6 is 0 Å². The molecule has 4 heteroatoms. The summed E-state index contributed by atoms with van der Waals surface area (Å²) in [6.07, 6.45) is 3.68. The molecule has 2 atom stereocenters. The highest BCUT2D eigenvalue weighted by molar-refractivity contribution is 6.03. The second kappa shape index (κ2) is 2.72. The lowest BCUT2D eigenvalue weighted by Gasteiger charge is -2.32. The number of ether oxygens (including phenoxy) is 1. The number of nitrogens with one attached hydrogen (secondary N) is 2. The normalized spacial score (nSPS) is 39.0. The monoisotopic (exact) mass is 182 g/mol. The first kappa shape index (κ1) is 8.53. The first-order valence-corrected chi connectivity index (χ1v) is 4.71. The van der Waals surface area contributed by atoms with Gasteiger partial charge >= 0.3 is 0 Å². The van der Waals surface area contributed by atoms with Crippen LogP contribution in [0.1, 0.15) is 32.6 Å². The minimum Gasteiger partial charge on any atom is -0.448 e. The van der Waals surface area contributed by atoms with Crippen LogP contribution in [0.15, 0.2) is 0 Å². The van der Waals surface area contributed by atoms with Crippen LogP contribution in [0.4, 0.5) is 0 Å². The molecule has 0 aromatic carbocycles. The van der Waals surface area contributed by atoms with Gasteiger partial charge in [0.1, 0.15) is 0 Å². The lowest BCUT2D eigenvalue weighted by Crippen LogP contribution is -2.42. The first-order chi connectivity index (χ1) is 6.12. The van der Waals surface area contributed by atoms with Crippen molar-refractivity contribution in [1.82, 2.24) is 5.32 Å². The number of hydrogen-bond acceptors (Lipinski definition) is 3. The summed E-state index contributed by atoms with van der Waals surface area (Å²) in [6.45, 7) is 2.12. The zero-order chi connectivity index (χ0) is 9.47. The molecule has 1 saturated heterocycles. The zero-order valence-electron chi connectivity index (χ0n) is 7.72. The van der Waals surface area contributed by atoms with Crippen molar-refractivity contribution in [3.8, 4) is 0 Å². The Morgan fingerprint density at radius 2 is 2.46 bits per heavy atom. The molecule has 2 fully saturated rings. The maximum absolute atomic E-state index is 11.5. The Labute approximate surface area is 77.2 Å². The Kier molecular flexibility index (Phi) is 1.78. The van der Waals surface area contributed by atoms with Gasteiger partial charge in [0.15, 0.2) is 5.60 Å². The van der Waals surface area contributed by atoms with Gasteiger partial charge in [-0.2, -0.15) is 0 Å². The number of hydrogen-bond donors (Lipinski definition) is 2. The molecule has 0 bridgehead atoms. The average Bonchev–Trinajstić information content (AvgIpc) is 2.26. The van der Waals surface area contributed by atoms with Gasteiger partial charge in [0, 0.05) is 0 Å². The topological polar surface area (TPSA) is 62.2 Å². The van der Waals surface area contributed by atoms with E-state index in [1.165, 1.54) is 0 Å². The van der Waals surface area contributed by atoms with E-state index in [4.69, 9.17) is 10.1 Å². The maximum Gasteiger partial charge on any atom is 0.289 e. The molecule has 1 spiro atoms. The highest BCUT2D eigenvalue weighted by Gasteiger charge is 2.49. The molecule has 1 heterocycles. The van der Waals surface area contributed by atoms with Gasteiger partial charge < -0.3 is 4.74 Å². The standard InChI is InChI=1S/C9H14N2O2/c1-6-3-2-4-9(5-6)7(12)11-8(10)13-9/h6H,2-5H2,1H3,(H2,10,11,12). The second-order valence-electron chi connectivity index (χ2n) is 4.08. The van der Waals surface area contributed by atoms with Crippen LogP contribution in [0.3, 0.4) is 0 Å². The molecule has 2 unspecified atom stereocenters. The van der Waals surface area contributed by atoms with Gasteiger partial charge in [0.2, 0.25) is 0 Å². The van der Waals surface area contributed by atoms with Gasteiger partial charge in [0.25, 0.3) is 11.9 Å². The molecule has 0 aromatic rings.